The van der Waals surface area contributed by atoms with E-state index in [0.717, 1.165) is 16.0 Å². The van der Waals surface area contributed by atoms with Crippen molar-refractivity contribution in [2.75, 3.05) is 5.32 Å². The monoisotopic (exact) mass is 342 g/mol. The average molecular weight is 343 g/mol. The summed E-state index contributed by atoms with van der Waals surface area (Å²) in [6.07, 6.45) is 0. The summed E-state index contributed by atoms with van der Waals surface area (Å²) in [5.41, 5.74) is 2.34. The van der Waals surface area contributed by atoms with E-state index in [1.807, 2.05) is 19.1 Å². The lowest BCUT2D eigenvalue weighted by Crippen LogP contribution is -2.07. The predicted molar refractivity (Wildman–Crippen MR) is 77.1 cm³/mol. The summed E-state index contributed by atoms with van der Waals surface area (Å²) in [7, 11) is 0. The maximum absolute atomic E-state index is 12.3. The molecule has 0 fully saturated rings. The first-order valence-corrected chi connectivity index (χ1v) is 6.75. The number of rotatable bonds is 5. The van der Waals surface area contributed by atoms with Crippen LogP contribution in [0.2, 0.25) is 0 Å². The molecule has 0 spiro atoms. The van der Waals surface area contributed by atoms with Crippen molar-refractivity contribution in [2.24, 2.45) is 0 Å². The van der Waals surface area contributed by atoms with Gasteiger partial charge in [0.15, 0.2) is 0 Å². The van der Waals surface area contributed by atoms with Crippen LogP contribution in [0.3, 0.4) is 0 Å². The Morgan fingerprint density at radius 1 is 1.25 bits per heavy atom. The third-order valence-corrected chi connectivity index (χ3v) is 3.15. The van der Waals surface area contributed by atoms with E-state index >= 15 is 0 Å². The fourth-order valence-corrected chi connectivity index (χ4v) is 2.17. The molecule has 0 unspecified atom stereocenters. The van der Waals surface area contributed by atoms with Gasteiger partial charge in [0.2, 0.25) is 0 Å². The molecule has 1 N–H and O–H groups in total. The van der Waals surface area contributed by atoms with E-state index < -0.39 is 6.61 Å². The number of aromatic nitrogens is 1. The highest BCUT2D eigenvalue weighted by atomic mass is 79.9. The van der Waals surface area contributed by atoms with Crippen LogP contribution in [0, 0.1) is 6.92 Å². The highest BCUT2D eigenvalue weighted by molar-refractivity contribution is 9.10. The highest BCUT2D eigenvalue weighted by Gasteiger charge is 2.09. The third kappa shape index (κ3) is 3.90. The van der Waals surface area contributed by atoms with Gasteiger partial charge in [-0.1, -0.05) is 18.2 Å². The zero-order valence-electron chi connectivity index (χ0n) is 10.7. The number of para-hydroxylation sites is 1. The fourth-order valence-electron chi connectivity index (χ4n) is 1.77. The molecular weight excluding hydrogens is 330 g/mol. The minimum Gasteiger partial charge on any atom is -0.434 e. The fraction of sp³-hybridized carbons (Fsp3) is 0.214. The van der Waals surface area contributed by atoms with Gasteiger partial charge in [-0.05, 0) is 41.1 Å². The molecule has 6 heteroatoms. The van der Waals surface area contributed by atoms with Crippen molar-refractivity contribution in [2.45, 2.75) is 20.1 Å². The second-order valence-corrected chi connectivity index (χ2v) is 4.92. The van der Waals surface area contributed by atoms with Crippen LogP contribution in [0.5, 0.6) is 5.75 Å². The van der Waals surface area contributed by atoms with Crippen LogP contribution in [0.25, 0.3) is 0 Å². The number of alkyl halides is 2. The maximum atomic E-state index is 12.3. The predicted octanol–water partition coefficient (Wildman–Crippen LogP) is 4.37. The standard InChI is InChI=1S/C14H13BrF2N2O/c1-9-11(6-7-13(15)19-9)18-8-10-4-2-3-5-12(10)20-14(16)17/h2-7,14,18H,8H2,1H3. The van der Waals surface area contributed by atoms with Gasteiger partial charge < -0.3 is 10.1 Å². The molecule has 0 amide bonds. The zero-order valence-corrected chi connectivity index (χ0v) is 12.3. The molecule has 0 aliphatic rings. The van der Waals surface area contributed by atoms with Crippen molar-refractivity contribution >= 4 is 21.6 Å². The van der Waals surface area contributed by atoms with Crippen LogP contribution in [0.1, 0.15) is 11.3 Å². The molecule has 2 aromatic rings. The van der Waals surface area contributed by atoms with Gasteiger partial charge in [0.1, 0.15) is 10.4 Å². The Labute approximate surface area is 124 Å². The van der Waals surface area contributed by atoms with Crippen molar-refractivity contribution in [1.29, 1.82) is 0 Å². The molecule has 1 aromatic heterocycles. The number of pyridine rings is 1. The van der Waals surface area contributed by atoms with Crippen LogP contribution in [0.4, 0.5) is 14.5 Å². The number of nitrogens with zero attached hydrogens (tertiary/aromatic N) is 1. The van der Waals surface area contributed by atoms with Crippen LogP contribution in [-0.2, 0) is 6.54 Å². The minimum absolute atomic E-state index is 0.178. The Balaban J connectivity index is 2.10. The molecule has 2 rings (SSSR count). The number of aryl methyl sites for hydroxylation is 1. The van der Waals surface area contributed by atoms with E-state index in [4.69, 9.17) is 0 Å². The van der Waals surface area contributed by atoms with Gasteiger partial charge in [0, 0.05) is 12.1 Å². The summed E-state index contributed by atoms with van der Waals surface area (Å²) < 4.78 is 29.9. The second-order valence-electron chi connectivity index (χ2n) is 4.11. The molecule has 0 bridgehead atoms. The van der Waals surface area contributed by atoms with Gasteiger partial charge in [-0.2, -0.15) is 8.78 Å². The number of nitrogens with one attached hydrogen (secondary N) is 1. The summed E-state index contributed by atoms with van der Waals surface area (Å²) in [5, 5.41) is 3.16. The molecular formula is C14H13BrF2N2O. The summed E-state index contributed by atoms with van der Waals surface area (Å²) in [6.45, 7) is -0.575. The van der Waals surface area contributed by atoms with E-state index in [1.54, 1.807) is 18.2 Å². The Kier molecular flexibility index (Phi) is 4.89. The lowest BCUT2D eigenvalue weighted by Gasteiger charge is -2.13. The molecule has 0 atom stereocenters. The van der Waals surface area contributed by atoms with Gasteiger partial charge in [-0.3, -0.25) is 0 Å². The first kappa shape index (κ1) is 14.7. The van der Waals surface area contributed by atoms with E-state index in [1.165, 1.54) is 6.07 Å². The minimum atomic E-state index is -2.83. The topological polar surface area (TPSA) is 34.2 Å². The molecule has 0 saturated carbocycles. The van der Waals surface area contributed by atoms with Crippen LogP contribution >= 0.6 is 15.9 Å². The average Bonchev–Trinajstić information content (AvgIpc) is 2.39. The normalized spacial score (nSPS) is 10.7. The van der Waals surface area contributed by atoms with Gasteiger partial charge in [0.05, 0.1) is 11.4 Å². The lowest BCUT2D eigenvalue weighted by atomic mass is 10.2. The molecule has 0 aliphatic heterocycles. The van der Waals surface area contributed by atoms with Crippen molar-refractivity contribution in [3.63, 3.8) is 0 Å². The van der Waals surface area contributed by atoms with Gasteiger partial charge in [0.25, 0.3) is 0 Å². The summed E-state index contributed by atoms with van der Waals surface area (Å²) in [5.74, 6) is 0.178. The van der Waals surface area contributed by atoms with Crippen molar-refractivity contribution in [3.05, 3.63) is 52.3 Å². The second kappa shape index (κ2) is 6.65. The molecule has 1 aromatic carbocycles. The highest BCUT2D eigenvalue weighted by Crippen LogP contribution is 2.22. The number of hydrogen-bond donors (Lipinski definition) is 1. The molecule has 106 valence electrons. The Hall–Kier alpha value is -1.69. The van der Waals surface area contributed by atoms with Gasteiger partial charge in [-0.25, -0.2) is 4.98 Å². The van der Waals surface area contributed by atoms with E-state index in [-0.39, 0.29) is 5.75 Å². The third-order valence-electron chi connectivity index (χ3n) is 2.71. The summed E-state index contributed by atoms with van der Waals surface area (Å²) in [4.78, 5) is 4.26. The Morgan fingerprint density at radius 3 is 2.70 bits per heavy atom. The number of halogens is 3. The first-order chi connectivity index (χ1) is 9.56. The smallest absolute Gasteiger partial charge is 0.387 e. The van der Waals surface area contributed by atoms with Crippen LogP contribution in [-0.4, -0.2) is 11.6 Å². The van der Waals surface area contributed by atoms with Crippen molar-refractivity contribution in [3.8, 4) is 5.75 Å². The summed E-state index contributed by atoms with van der Waals surface area (Å²) in [6, 6.07) is 10.4. The molecule has 20 heavy (non-hydrogen) atoms. The number of ether oxygens (including phenoxy) is 1. The molecule has 0 saturated heterocycles. The molecule has 3 nitrogen and oxygen atoms in total. The zero-order chi connectivity index (χ0) is 14.5. The largest absolute Gasteiger partial charge is 0.434 e. The number of benzene rings is 1. The first-order valence-electron chi connectivity index (χ1n) is 5.96. The number of hydrogen-bond acceptors (Lipinski definition) is 3. The molecule has 0 radical (unpaired) electrons. The van der Waals surface area contributed by atoms with Crippen LogP contribution in [0.15, 0.2) is 41.0 Å². The van der Waals surface area contributed by atoms with E-state index in [9.17, 15) is 8.78 Å². The van der Waals surface area contributed by atoms with Gasteiger partial charge in [-0.15, -0.1) is 0 Å². The molecule has 1 heterocycles. The Bertz CT molecular complexity index is 593. The molecule has 0 aliphatic carbocycles. The van der Waals surface area contributed by atoms with E-state index in [2.05, 4.69) is 31.0 Å². The maximum Gasteiger partial charge on any atom is 0.387 e. The van der Waals surface area contributed by atoms with Crippen molar-refractivity contribution in [1.82, 2.24) is 4.98 Å². The van der Waals surface area contributed by atoms with Crippen molar-refractivity contribution < 1.29 is 13.5 Å². The van der Waals surface area contributed by atoms with E-state index in [0.29, 0.717) is 12.1 Å². The SMILES string of the molecule is Cc1nc(Br)ccc1NCc1ccccc1OC(F)F. The van der Waals surface area contributed by atoms with Crippen LogP contribution < -0.4 is 10.1 Å². The summed E-state index contributed by atoms with van der Waals surface area (Å²) >= 11 is 3.29. The number of anilines is 1. The van der Waals surface area contributed by atoms with Gasteiger partial charge >= 0.3 is 6.61 Å². The Morgan fingerprint density at radius 2 is 2.00 bits per heavy atom. The lowest BCUT2D eigenvalue weighted by molar-refractivity contribution is -0.0504. The quantitative estimate of drug-likeness (QED) is 0.819.